The second kappa shape index (κ2) is 4.39. The molecule has 0 bridgehead atoms. The summed E-state index contributed by atoms with van der Waals surface area (Å²) in [6.07, 6.45) is 4.73. The molecule has 2 heterocycles. The SMILES string of the molecule is [c]1ccn(CCN2CCOCC2)n1. The number of hydrogen-bond donors (Lipinski definition) is 0. The van der Waals surface area contributed by atoms with Crippen LogP contribution in [0.15, 0.2) is 12.3 Å². The Hall–Kier alpha value is -0.870. The van der Waals surface area contributed by atoms with Gasteiger partial charge in [0.15, 0.2) is 0 Å². The number of hydrogen-bond acceptors (Lipinski definition) is 3. The molecule has 1 aliphatic heterocycles. The smallest absolute Gasteiger partial charge is 0.113 e. The second-order valence-electron chi connectivity index (χ2n) is 3.16. The summed E-state index contributed by atoms with van der Waals surface area (Å²) >= 11 is 0. The van der Waals surface area contributed by atoms with Gasteiger partial charge in [-0.1, -0.05) is 0 Å². The molecule has 0 aromatic carbocycles. The lowest BCUT2D eigenvalue weighted by Gasteiger charge is -2.26. The Labute approximate surface area is 78.1 Å². The normalized spacial score (nSPS) is 19.1. The molecule has 0 amide bonds. The standard InChI is InChI=1S/C9H14N3O/c1-2-10-12(3-1)5-4-11-6-8-13-9-7-11/h1,3H,4-9H2. The molecule has 1 aliphatic rings. The lowest BCUT2D eigenvalue weighted by molar-refractivity contribution is 0.0359. The van der Waals surface area contributed by atoms with Crippen molar-refractivity contribution in [1.29, 1.82) is 0 Å². The summed E-state index contributed by atoms with van der Waals surface area (Å²) in [7, 11) is 0. The average molecular weight is 180 g/mol. The van der Waals surface area contributed by atoms with Gasteiger partial charge < -0.3 is 4.74 Å². The van der Waals surface area contributed by atoms with Crippen molar-refractivity contribution in [3.05, 3.63) is 18.5 Å². The van der Waals surface area contributed by atoms with Crippen LogP contribution < -0.4 is 0 Å². The lowest BCUT2D eigenvalue weighted by Crippen LogP contribution is -2.38. The van der Waals surface area contributed by atoms with Gasteiger partial charge in [0.1, 0.15) is 6.20 Å². The van der Waals surface area contributed by atoms with Gasteiger partial charge in [-0.3, -0.25) is 9.58 Å². The van der Waals surface area contributed by atoms with E-state index in [-0.39, 0.29) is 0 Å². The predicted octanol–water partition coefficient (Wildman–Crippen LogP) is 0.0155. The zero-order chi connectivity index (χ0) is 8.93. The molecule has 0 aliphatic carbocycles. The maximum atomic E-state index is 5.27. The number of morpholine rings is 1. The highest BCUT2D eigenvalue weighted by Gasteiger charge is 2.09. The van der Waals surface area contributed by atoms with E-state index < -0.39 is 0 Å². The minimum atomic E-state index is 0.866. The number of ether oxygens (including phenoxy) is 1. The fourth-order valence-electron chi connectivity index (χ4n) is 1.45. The molecule has 13 heavy (non-hydrogen) atoms. The van der Waals surface area contributed by atoms with Crippen molar-refractivity contribution in [3.63, 3.8) is 0 Å². The molecule has 0 spiro atoms. The third-order valence-electron chi connectivity index (χ3n) is 2.26. The molecule has 0 atom stereocenters. The summed E-state index contributed by atoms with van der Waals surface area (Å²) in [6, 6.07) is 1.83. The zero-order valence-electron chi connectivity index (χ0n) is 7.65. The number of aromatic nitrogens is 2. The first-order valence-corrected chi connectivity index (χ1v) is 4.65. The quantitative estimate of drug-likeness (QED) is 0.656. The fourth-order valence-corrected chi connectivity index (χ4v) is 1.45. The summed E-state index contributed by atoms with van der Waals surface area (Å²) in [6.45, 7) is 5.83. The van der Waals surface area contributed by atoms with E-state index in [1.165, 1.54) is 0 Å². The zero-order valence-corrected chi connectivity index (χ0v) is 7.65. The Morgan fingerprint density at radius 1 is 1.31 bits per heavy atom. The molecule has 0 unspecified atom stereocenters. The predicted molar refractivity (Wildman–Crippen MR) is 48.3 cm³/mol. The van der Waals surface area contributed by atoms with Crippen LogP contribution in [0.3, 0.4) is 0 Å². The molecular formula is C9H14N3O. The monoisotopic (exact) mass is 180 g/mol. The van der Waals surface area contributed by atoms with Crippen LogP contribution in [0.25, 0.3) is 0 Å². The largest absolute Gasteiger partial charge is 0.379 e. The first-order chi connectivity index (χ1) is 6.45. The molecule has 1 aromatic rings. The molecule has 2 rings (SSSR count). The van der Waals surface area contributed by atoms with Crippen molar-refractivity contribution < 1.29 is 4.74 Å². The minimum absolute atomic E-state index is 0.866. The van der Waals surface area contributed by atoms with Crippen LogP contribution in [-0.4, -0.2) is 47.5 Å². The summed E-state index contributed by atoms with van der Waals surface area (Å²) in [4.78, 5) is 2.39. The van der Waals surface area contributed by atoms with E-state index in [1.54, 1.807) is 0 Å². The molecule has 4 nitrogen and oxygen atoms in total. The van der Waals surface area contributed by atoms with E-state index in [4.69, 9.17) is 4.74 Å². The van der Waals surface area contributed by atoms with Gasteiger partial charge in [-0.2, -0.15) is 5.10 Å². The molecule has 0 saturated carbocycles. The molecule has 1 fully saturated rings. The maximum absolute atomic E-state index is 5.27. The van der Waals surface area contributed by atoms with Gasteiger partial charge >= 0.3 is 0 Å². The highest BCUT2D eigenvalue weighted by molar-refractivity contribution is 4.76. The Morgan fingerprint density at radius 2 is 2.15 bits per heavy atom. The Balaban J connectivity index is 1.72. The Morgan fingerprint density at radius 3 is 2.85 bits per heavy atom. The van der Waals surface area contributed by atoms with E-state index >= 15 is 0 Å². The topological polar surface area (TPSA) is 30.3 Å². The third-order valence-corrected chi connectivity index (χ3v) is 2.26. The molecule has 1 aromatic heterocycles. The van der Waals surface area contributed by atoms with Gasteiger partial charge in [0.05, 0.1) is 19.8 Å². The Kier molecular flexibility index (Phi) is 2.94. The van der Waals surface area contributed by atoms with Crippen molar-refractivity contribution in [1.82, 2.24) is 14.7 Å². The van der Waals surface area contributed by atoms with Crippen molar-refractivity contribution >= 4 is 0 Å². The van der Waals surface area contributed by atoms with Crippen LogP contribution in [0.1, 0.15) is 0 Å². The van der Waals surface area contributed by atoms with Gasteiger partial charge in [-0.05, 0) is 6.07 Å². The lowest BCUT2D eigenvalue weighted by atomic mass is 10.4. The molecule has 71 valence electrons. The van der Waals surface area contributed by atoms with Crippen LogP contribution in [-0.2, 0) is 11.3 Å². The van der Waals surface area contributed by atoms with Crippen LogP contribution in [0.5, 0.6) is 0 Å². The van der Waals surface area contributed by atoms with Crippen LogP contribution >= 0.6 is 0 Å². The molecule has 1 saturated heterocycles. The van der Waals surface area contributed by atoms with E-state index in [0.717, 1.165) is 39.4 Å². The maximum Gasteiger partial charge on any atom is 0.113 e. The van der Waals surface area contributed by atoms with Crippen LogP contribution in [0, 0.1) is 6.20 Å². The van der Waals surface area contributed by atoms with Gasteiger partial charge in [-0.15, -0.1) is 0 Å². The van der Waals surface area contributed by atoms with Crippen molar-refractivity contribution in [3.8, 4) is 0 Å². The minimum Gasteiger partial charge on any atom is -0.379 e. The first-order valence-electron chi connectivity index (χ1n) is 4.65. The summed E-state index contributed by atoms with van der Waals surface area (Å²) in [5.74, 6) is 0. The number of nitrogens with zero attached hydrogens (tertiary/aromatic N) is 3. The average Bonchev–Trinajstić information content (AvgIpc) is 2.69. The molecule has 4 heteroatoms. The summed E-state index contributed by atoms with van der Waals surface area (Å²) in [5.41, 5.74) is 0. The van der Waals surface area contributed by atoms with E-state index in [9.17, 15) is 0 Å². The van der Waals surface area contributed by atoms with Gasteiger partial charge in [0.25, 0.3) is 0 Å². The van der Waals surface area contributed by atoms with E-state index in [2.05, 4.69) is 16.2 Å². The van der Waals surface area contributed by atoms with Crippen LogP contribution in [0.4, 0.5) is 0 Å². The molecule has 0 N–H and O–H groups in total. The van der Waals surface area contributed by atoms with Crippen molar-refractivity contribution in [2.75, 3.05) is 32.8 Å². The molecule has 1 radical (unpaired) electrons. The first kappa shape index (κ1) is 8.72. The molecular weight excluding hydrogens is 166 g/mol. The van der Waals surface area contributed by atoms with E-state index in [1.807, 2.05) is 16.9 Å². The van der Waals surface area contributed by atoms with Crippen molar-refractivity contribution in [2.24, 2.45) is 0 Å². The van der Waals surface area contributed by atoms with E-state index in [0.29, 0.717) is 0 Å². The van der Waals surface area contributed by atoms with Gasteiger partial charge in [0, 0.05) is 25.8 Å². The highest BCUT2D eigenvalue weighted by Crippen LogP contribution is 1.96. The highest BCUT2D eigenvalue weighted by atomic mass is 16.5. The summed E-state index contributed by atoms with van der Waals surface area (Å²) in [5, 5.41) is 4.03. The van der Waals surface area contributed by atoms with Crippen molar-refractivity contribution in [2.45, 2.75) is 6.54 Å². The third kappa shape index (κ3) is 2.54. The number of rotatable bonds is 3. The summed E-state index contributed by atoms with van der Waals surface area (Å²) < 4.78 is 7.18. The van der Waals surface area contributed by atoms with Crippen LogP contribution in [0.2, 0.25) is 0 Å². The Bertz CT molecular complexity index is 229. The second-order valence-corrected chi connectivity index (χ2v) is 3.16. The fraction of sp³-hybridized carbons (Fsp3) is 0.667. The van der Waals surface area contributed by atoms with Gasteiger partial charge in [0.2, 0.25) is 0 Å². The van der Waals surface area contributed by atoms with Gasteiger partial charge in [-0.25, -0.2) is 0 Å².